The van der Waals surface area contributed by atoms with E-state index in [1.54, 1.807) is 31.2 Å². The summed E-state index contributed by atoms with van der Waals surface area (Å²) in [4.78, 5) is 12.1. The van der Waals surface area contributed by atoms with Gasteiger partial charge in [-0.15, -0.1) is 0 Å². The summed E-state index contributed by atoms with van der Waals surface area (Å²) >= 11 is 3.27. The number of anilines is 2. The molecule has 0 bridgehead atoms. The van der Waals surface area contributed by atoms with E-state index in [1.807, 2.05) is 0 Å². The lowest BCUT2D eigenvalue weighted by atomic mass is 10.2. The maximum absolute atomic E-state index is 13.7. The Hall–Kier alpha value is -2.08. The van der Waals surface area contributed by atoms with Crippen LogP contribution in [0.4, 0.5) is 15.8 Å². The van der Waals surface area contributed by atoms with Gasteiger partial charge in [0.1, 0.15) is 0 Å². The van der Waals surface area contributed by atoms with Crippen LogP contribution in [0.5, 0.6) is 5.75 Å². The van der Waals surface area contributed by atoms with Crippen molar-refractivity contribution in [2.45, 2.75) is 6.92 Å². The third kappa shape index (κ3) is 3.95. The van der Waals surface area contributed by atoms with Gasteiger partial charge in [-0.05, 0) is 37.3 Å². The molecule has 110 valence electrons. The predicted molar refractivity (Wildman–Crippen MR) is 84.1 cm³/mol. The number of rotatable bonds is 4. The number of carbonyl (C=O) groups is 1. The number of amides is 1. The summed E-state index contributed by atoms with van der Waals surface area (Å²) in [6.45, 7) is 2.15. The summed E-state index contributed by atoms with van der Waals surface area (Å²) in [7, 11) is 0. The lowest BCUT2D eigenvalue weighted by molar-refractivity contribution is 0.102. The molecule has 0 radical (unpaired) electrons. The molecule has 0 aromatic heterocycles. The van der Waals surface area contributed by atoms with Gasteiger partial charge in [-0.25, -0.2) is 4.39 Å². The van der Waals surface area contributed by atoms with Crippen LogP contribution < -0.4 is 15.8 Å². The van der Waals surface area contributed by atoms with E-state index in [1.165, 1.54) is 12.1 Å². The Kier molecular flexibility index (Phi) is 4.80. The Balaban J connectivity index is 2.17. The quantitative estimate of drug-likeness (QED) is 0.822. The number of benzene rings is 2. The highest BCUT2D eigenvalue weighted by molar-refractivity contribution is 9.10. The number of nitrogens with two attached hydrogens (primary N) is 1. The molecule has 0 saturated heterocycles. The first kappa shape index (κ1) is 15.3. The Morgan fingerprint density at radius 2 is 2.10 bits per heavy atom. The molecule has 4 nitrogen and oxygen atoms in total. The zero-order valence-corrected chi connectivity index (χ0v) is 12.9. The Bertz CT molecular complexity index is 656. The molecule has 1 amide bonds. The molecule has 0 spiro atoms. The predicted octanol–water partition coefficient (Wildman–Crippen LogP) is 3.82. The van der Waals surface area contributed by atoms with E-state index in [9.17, 15) is 9.18 Å². The number of halogens is 2. The largest absolute Gasteiger partial charge is 0.491 e. The first-order valence-corrected chi connectivity index (χ1v) is 7.08. The summed E-state index contributed by atoms with van der Waals surface area (Å²) in [6, 6.07) is 9.14. The van der Waals surface area contributed by atoms with Crippen molar-refractivity contribution in [3.05, 3.63) is 52.3 Å². The van der Waals surface area contributed by atoms with E-state index in [2.05, 4.69) is 21.2 Å². The van der Waals surface area contributed by atoms with Crippen LogP contribution in [0.15, 0.2) is 40.9 Å². The molecule has 0 saturated carbocycles. The monoisotopic (exact) mass is 352 g/mol. The number of carbonyl (C=O) groups excluding carboxylic acids is 1. The van der Waals surface area contributed by atoms with E-state index in [0.29, 0.717) is 28.0 Å². The second-order valence-electron chi connectivity index (χ2n) is 4.31. The van der Waals surface area contributed by atoms with Crippen molar-refractivity contribution in [2.24, 2.45) is 0 Å². The van der Waals surface area contributed by atoms with Crippen LogP contribution in [0.2, 0.25) is 0 Å². The van der Waals surface area contributed by atoms with Crippen molar-refractivity contribution in [1.82, 2.24) is 0 Å². The molecule has 2 rings (SSSR count). The number of nitrogens with one attached hydrogen (secondary N) is 1. The molecular weight excluding hydrogens is 339 g/mol. The van der Waals surface area contributed by atoms with Gasteiger partial charge in [0.25, 0.3) is 5.91 Å². The van der Waals surface area contributed by atoms with Crippen LogP contribution in [0, 0.1) is 5.82 Å². The minimum Gasteiger partial charge on any atom is -0.491 e. The van der Waals surface area contributed by atoms with Crippen molar-refractivity contribution >= 4 is 33.2 Å². The third-order valence-corrected chi connectivity index (χ3v) is 3.13. The average molecular weight is 353 g/mol. The lowest BCUT2D eigenvalue weighted by Gasteiger charge is -2.09. The number of hydrogen-bond acceptors (Lipinski definition) is 3. The zero-order valence-electron chi connectivity index (χ0n) is 11.3. The minimum absolute atomic E-state index is 0.155. The van der Waals surface area contributed by atoms with Crippen molar-refractivity contribution in [3.8, 4) is 5.75 Å². The molecule has 3 N–H and O–H groups in total. The van der Waals surface area contributed by atoms with E-state index < -0.39 is 5.82 Å². The maximum Gasteiger partial charge on any atom is 0.255 e. The summed E-state index contributed by atoms with van der Waals surface area (Å²) in [5, 5.41) is 2.61. The normalized spacial score (nSPS) is 10.2. The van der Waals surface area contributed by atoms with Crippen LogP contribution >= 0.6 is 15.9 Å². The van der Waals surface area contributed by atoms with Crippen molar-refractivity contribution in [1.29, 1.82) is 0 Å². The van der Waals surface area contributed by atoms with Gasteiger partial charge in [0.05, 0.1) is 6.61 Å². The van der Waals surface area contributed by atoms with Crippen LogP contribution in [-0.4, -0.2) is 12.5 Å². The molecule has 2 aromatic rings. The summed E-state index contributed by atoms with van der Waals surface area (Å²) < 4.78 is 19.5. The first-order valence-electron chi connectivity index (χ1n) is 6.29. The number of ether oxygens (including phenoxy) is 1. The Morgan fingerprint density at radius 1 is 1.33 bits per heavy atom. The molecule has 6 heteroatoms. The highest BCUT2D eigenvalue weighted by Crippen LogP contribution is 2.22. The fourth-order valence-electron chi connectivity index (χ4n) is 1.80. The molecule has 2 aromatic carbocycles. The molecule has 0 aliphatic rings. The summed E-state index contributed by atoms with van der Waals surface area (Å²) in [6.07, 6.45) is 0. The van der Waals surface area contributed by atoms with Gasteiger partial charge in [0.2, 0.25) is 0 Å². The van der Waals surface area contributed by atoms with Gasteiger partial charge >= 0.3 is 0 Å². The molecule has 0 heterocycles. The zero-order chi connectivity index (χ0) is 15.4. The Labute approximate surface area is 130 Å². The molecule has 0 aliphatic carbocycles. The standard InChI is InChI=1S/C15H14BrFN2O2/c1-2-21-14-4-3-12(8-13(14)17)19-15(20)9-5-10(16)7-11(18)6-9/h3-8H,2,18H2,1H3,(H,19,20). The van der Waals surface area contributed by atoms with Crippen LogP contribution in [-0.2, 0) is 0 Å². The van der Waals surface area contributed by atoms with Crippen molar-refractivity contribution in [3.63, 3.8) is 0 Å². The molecular formula is C15H14BrFN2O2. The van der Waals surface area contributed by atoms with Crippen LogP contribution in [0.3, 0.4) is 0 Å². The van der Waals surface area contributed by atoms with Gasteiger partial charge in [0.15, 0.2) is 11.6 Å². The van der Waals surface area contributed by atoms with Gasteiger partial charge in [-0.3, -0.25) is 4.79 Å². The van der Waals surface area contributed by atoms with E-state index in [-0.39, 0.29) is 11.7 Å². The molecule has 0 aliphatic heterocycles. The average Bonchev–Trinajstić information content (AvgIpc) is 2.41. The third-order valence-electron chi connectivity index (χ3n) is 2.67. The topological polar surface area (TPSA) is 64.3 Å². The number of hydrogen-bond donors (Lipinski definition) is 2. The Morgan fingerprint density at radius 3 is 2.71 bits per heavy atom. The van der Waals surface area contributed by atoms with Crippen molar-refractivity contribution in [2.75, 3.05) is 17.7 Å². The SMILES string of the molecule is CCOc1ccc(NC(=O)c2cc(N)cc(Br)c2)cc1F. The lowest BCUT2D eigenvalue weighted by Crippen LogP contribution is -2.12. The van der Waals surface area contributed by atoms with E-state index >= 15 is 0 Å². The molecule has 0 atom stereocenters. The minimum atomic E-state index is -0.525. The highest BCUT2D eigenvalue weighted by atomic mass is 79.9. The fourth-order valence-corrected chi connectivity index (χ4v) is 2.31. The van der Waals surface area contributed by atoms with Gasteiger partial charge < -0.3 is 15.8 Å². The van der Waals surface area contributed by atoms with Crippen molar-refractivity contribution < 1.29 is 13.9 Å². The maximum atomic E-state index is 13.7. The molecule has 0 fully saturated rings. The van der Waals surface area contributed by atoms with E-state index in [4.69, 9.17) is 10.5 Å². The molecule has 0 unspecified atom stereocenters. The summed E-state index contributed by atoms with van der Waals surface area (Å²) in [5.41, 5.74) is 6.88. The second-order valence-corrected chi connectivity index (χ2v) is 5.22. The van der Waals surface area contributed by atoms with Crippen LogP contribution in [0.25, 0.3) is 0 Å². The van der Waals surface area contributed by atoms with Gasteiger partial charge in [0, 0.05) is 27.5 Å². The van der Waals surface area contributed by atoms with Gasteiger partial charge in [-0.1, -0.05) is 15.9 Å². The smallest absolute Gasteiger partial charge is 0.255 e. The van der Waals surface area contributed by atoms with E-state index in [0.717, 1.165) is 0 Å². The highest BCUT2D eigenvalue weighted by Gasteiger charge is 2.10. The fraction of sp³-hybridized carbons (Fsp3) is 0.133. The molecule has 21 heavy (non-hydrogen) atoms. The van der Waals surface area contributed by atoms with Crippen LogP contribution in [0.1, 0.15) is 17.3 Å². The second kappa shape index (κ2) is 6.58. The number of nitrogen functional groups attached to an aromatic ring is 1. The van der Waals surface area contributed by atoms with Gasteiger partial charge in [-0.2, -0.15) is 0 Å². The first-order chi connectivity index (χ1) is 9.99. The summed E-state index contributed by atoms with van der Waals surface area (Å²) in [5.74, 6) is -0.739.